The number of thioether (sulfide) groups is 2. The van der Waals surface area contributed by atoms with Gasteiger partial charge in [0.2, 0.25) is 0 Å². The van der Waals surface area contributed by atoms with Crippen LogP contribution in [0.5, 0.6) is 0 Å². The van der Waals surface area contributed by atoms with E-state index in [1.54, 1.807) is 36.4 Å². The smallest absolute Gasteiger partial charge is 0.338 e. The van der Waals surface area contributed by atoms with E-state index in [1.165, 1.54) is 14.2 Å². The third-order valence-corrected chi connectivity index (χ3v) is 5.66. The Hall–Kier alpha value is -2.98. The van der Waals surface area contributed by atoms with Crippen molar-refractivity contribution in [1.29, 1.82) is 10.8 Å². The maximum atomic E-state index is 12.6. The topological polar surface area (TPSA) is 152 Å². The first-order valence-corrected chi connectivity index (χ1v) is 10.6. The van der Waals surface area contributed by atoms with E-state index in [0.29, 0.717) is 33.8 Å². The third kappa shape index (κ3) is 5.55. The number of ether oxygens (including phenoxy) is 2. The van der Waals surface area contributed by atoms with Crippen LogP contribution in [-0.2, 0) is 21.0 Å². The second-order valence-electron chi connectivity index (χ2n) is 5.97. The number of rotatable bonds is 7. The minimum Gasteiger partial charge on any atom is -0.465 e. The van der Waals surface area contributed by atoms with Gasteiger partial charge in [0.25, 0.3) is 0 Å². The highest BCUT2D eigenvalue weighted by Crippen LogP contribution is 2.37. The maximum absolute atomic E-state index is 12.6. The average molecular weight is 447 g/mol. The first kappa shape index (κ1) is 23.3. The van der Waals surface area contributed by atoms with Gasteiger partial charge in [-0.15, -0.1) is 0 Å². The quantitative estimate of drug-likeness (QED) is 0.287. The first-order valence-electron chi connectivity index (χ1n) is 8.64. The maximum Gasteiger partial charge on any atom is 0.338 e. The highest BCUT2D eigenvalue weighted by molar-refractivity contribution is 8.13. The molecule has 2 aromatic carbocycles. The lowest BCUT2D eigenvalue weighted by atomic mass is 9.88. The second kappa shape index (κ2) is 10.7. The van der Waals surface area contributed by atoms with Crippen LogP contribution in [-0.4, -0.2) is 36.5 Å². The van der Waals surface area contributed by atoms with Crippen LogP contribution in [0.3, 0.4) is 0 Å². The number of nitrogens with two attached hydrogens (primary N) is 2. The molecule has 30 heavy (non-hydrogen) atoms. The zero-order valence-electron chi connectivity index (χ0n) is 16.5. The van der Waals surface area contributed by atoms with E-state index < -0.39 is 11.9 Å². The summed E-state index contributed by atoms with van der Waals surface area (Å²) in [6.45, 7) is 0. The molecular formula is C20H22N4O4S2. The van der Waals surface area contributed by atoms with Gasteiger partial charge in [-0.2, -0.15) is 0 Å². The highest BCUT2D eigenvalue weighted by atomic mass is 32.2. The number of carbonyl (C=O) groups is 2. The van der Waals surface area contributed by atoms with Crippen molar-refractivity contribution in [3.63, 3.8) is 0 Å². The molecule has 0 spiro atoms. The van der Waals surface area contributed by atoms with Crippen LogP contribution in [0.15, 0.2) is 36.4 Å². The highest BCUT2D eigenvalue weighted by Gasteiger charge is 2.25. The summed E-state index contributed by atoms with van der Waals surface area (Å²) in [5, 5.41) is 14.9. The van der Waals surface area contributed by atoms with Crippen molar-refractivity contribution in [2.75, 3.05) is 14.2 Å². The minimum atomic E-state index is -0.565. The summed E-state index contributed by atoms with van der Waals surface area (Å²) in [6.07, 6.45) is 0. The predicted octanol–water partition coefficient (Wildman–Crippen LogP) is 3.18. The number of carbonyl (C=O) groups excluding carboxylic acids is 2. The summed E-state index contributed by atoms with van der Waals surface area (Å²) in [7, 11) is 2.56. The number of hydrogen-bond acceptors (Lipinski definition) is 8. The molecule has 0 heterocycles. The third-order valence-electron chi connectivity index (χ3n) is 4.13. The number of amidine groups is 2. The molecule has 0 aromatic heterocycles. The fourth-order valence-corrected chi connectivity index (χ4v) is 4.01. The summed E-state index contributed by atoms with van der Waals surface area (Å²) in [6, 6.07) is 10.2. The van der Waals surface area contributed by atoms with E-state index in [9.17, 15) is 9.59 Å². The zero-order valence-corrected chi connectivity index (χ0v) is 18.1. The Morgan fingerprint density at radius 1 is 0.800 bits per heavy atom. The van der Waals surface area contributed by atoms with E-state index in [1.807, 2.05) is 0 Å². The van der Waals surface area contributed by atoms with Crippen molar-refractivity contribution >= 4 is 45.8 Å². The van der Waals surface area contributed by atoms with Crippen LogP contribution in [0.1, 0.15) is 31.8 Å². The van der Waals surface area contributed by atoms with Gasteiger partial charge in [-0.3, -0.25) is 10.8 Å². The van der Waals surface area contributed by atoms with Crippen molar-refractivity contribution in [2.45, 2.75) is 11.5 Å². The Morgan fingerprint density at radius 2 is 1.17 bits per heavy atom. The number of esters is 2. The Morgan fingerprint density at radius 3 is 1.47 bits per heavy atom. The van der Waals surface area contributed by atoms with E-state index in [0.717, 1.165) is 23.5 Å². The molecule has 8 nitrogen and oxygen atoms in total. The Balaban J connectivity index is 2.84. The Kier molecular flexibility index (Phi) is 8.31. The van der Waals surface area contributed by atoms with Gasteiger partial charge >= 0.3 is 11.9 Å². The Labute approximate surface area is 182 Å². The molecular weight excluding hydrogens is 424 g/mol. The van der Waals surface area contributed by atoms with Gasteiger partial charge in [0, 0.05) is 22.6 Å². The fraction of sp³-hybridized carbons (Fsp3) is 0.200. The lowest BCUT2D eigenvalue weighted by Gasteiger charge is -2.19. The number of methoxy groups -OCH3 is 2. The molecule has 0 saturated carbocycles. The monoisotopic (exact) mass is 446 g/mol. The fourth-order valence-electron chi connectivity index (χ4n) is 2.90. The summed E-state index contributed by atoms with van der Waals surface area (Å²) >= 11 is 2.20. The van der Waals surface area contributed by atoms with Gasteiger partial charge in [-0.05, 0) is 23.3 Å². The first-order chi connectivity index (χ1) is 14.3. The van der Waals surface area contributed by atoms with E-state index in [4.69, 9.17) is 31.8 Å². The van der Waals surface area contributed by atoms with Crippen LogP contribution in [0.2, 0.25) is 0 Å². The standard InChI is InChI=1S/C20H22N4O4S2/c1-27-17(25)13-7-3-5-11(9-29-19(21)22)15(13)16-12(10-30-20(23)24)6-4-8-14(16)18(26)28-2/h3-8H,9-10H2,1-2H3,(H3,21,22)(H3,23,24). The number of hydrogen-bond donors (Lipinski definition) is 4. The molecule has 0 aliphatic heterocycles. The lowest BCUT2D eigenvalue weighted by molar-refractivity contribution is 0.0590. The molecule has 0 aliphatic carbocycles. The van der Waals surface area contributed by atoms with E-state index in [-0.39, 0.29) is 21.5 Å². The van der Waals surface area contributed by atoms with Gasteiger partial charge < -0.3 is 20.9 Å². The van der Waals surface area contributed by atoms with Crippen molar-refractivity contribution in [3.8, 4) is 11.1 Å². The van der Waals surface area contributed by atoms with Crippen LogP contribution < -0.4 is 11.5 Å². The molecule has 0 radical (unpaired) electrons. The molecule has 0 unspecified atom stereocenters. The molecule has 0 fully saturated rings. The largest absolute Gasteiger partial charge is 0.465 e. The van der Waals surface area contributed by atoms with Crippen LogP contribution in [0.25, 0.3) is 11.1 Å². The van der Waals surface area contributed by atoms with Crippen LogP contribution in [0, 0.1) is 10.8 Å². The molecule has 2 aromatic rings. The SMILES string of the molecule is COC(=O)c1cccc(CSC(=N)N)c1-c1c(CSC(=N)N)cccc1C(=O)OC. The lowest BCUT2D eigenvalue weighted by Crippen LogP contribution is -2.12. The molecule has 158 valence electrons. The van der Waals surface area contributed by atoms with Crippen LogP contribution in [0.4, 0.5) is 0 Å². The van der Waals surface area contributed by atoms with Gasteiger partial charge in [-0.1, -0.05) is 47.8 Å². The van der Waals surface area contributed by atoms with E-state index >= 15 is 0 Å². The predicted molar refractivity (Wildman–Crippen MR) is 121 cm³/mol. The molecule has 2 rings (SSSR count). The van der Waals surface area contributed by atoms with Gasteiger partial charge in [0.15, 0.2) is 10.3 Å². The summed E-state index contributed by atoms with van der Waals surface area (Å²) in [5.41, 5.74) is 13.9. The average Bonchev–Trinajstić information content (AvgIpc) is 2.74. The molecule has 0 aliphatic rings. The molecule has 6 N–H and O–H groups in total. The van der Waals surface area contributed by atoms with Crippen molar-refractivity contribution in [3.05, 3.63) is 58.7 Å². The van der Waals surface area contributed by atoms with Crippen molar-refractivity contribution in [2.24, 2.45) is 11.5 Å². The second-order valence-corrected chi connectivity index (χ2v) is 8.00. The number of nitrogens with one attached hydrogen (secondary N) is 2. The summed E-state index contributed by atoms with van der Waals surface area (Å²) in [5.74, 6) is -0.511. The van der Waals surface area contributed by atoms with Gasteiger partial charge in [0.05, 0.1) is 25.3 Å². The number of benzene rings is 2. The van der Waals surface area contributed by atoms with Crippen molar-refractivity contribution in [1.82, 2.24) is 0 Å². The summed E-state index contributed by atoms with van der Waals surface area (Å²) < 4.78 is 9.91. The molecule has 10 heteroatoms. The summed E-state index contributed by atoms with van der Waals surface area (Å²) in [4.78, 5) is 25.1. The normalized spacial score (nSPS) is 10.3. The minimum absolute atomic E-state index is 0.0713. The van der Waals surface area contributed by atoms with E-state index in [2.05, 4.69) is 0 Å². The van der Waals surface area contributed by atoms with Crippen LogP contribution >= 0.6 is 23.5 Å². The molecule has 0 saturated heterocycles. The Bertz CT molecular complexity index is 915. The molecule has 0 amide bonds. The zero-order chi connectivity index (χ0) is 22.3. The van der Waals surface area contributed by atoms with Crippen molar-refractivity contribution < 1.29 is 19.1 Å². The van der Waals surface area contributed by atoms with Gasteiger partial charge in [0.1, 0.15) is 0 Å². The van der Waals surface area contributed by atoms with Gasteiger partial charge in [-0.25, -0.2) is 9.59 Å². The molecule has 0 atom stereocenters. The molecule has 0 bridgehead atoms.